The van der Waals surface area contributed by atoms with Gasteiger partial charge in [0.2, 0.25) is 0 Å². The van der Waals surface area contributed by atoms with E-state index in [4.69, 9.17) is 10.5 Å². The van der Waals surface area contributed by atoms with Gasteiger partial charge < -0.3 is 10.5 Å². The lowest BCUT2D eigenvalue weighted by Gasteiger charge is -2.24. The summed E-state index contributed by atoms with van der Waals surface area (Å²) in [5.74, 6) is 1.86. The highest BCUT2D eigenvalue weighted by Gasteiger charge is 2.17. The summed E-state index contributed by atoms with van der Waals surface area (Å²) >= 11 is 0. The van der Waals surface area contributed by atoms with Crippen LogP contribution in [-0.2, 0) is 4.74 Å². The third kappa shape index (κ3) is 3.73. The summed E-state index contributed by atoms with van der Waals surface area (Å²) in [4.78, 5) is 0. The molecule has 0 aliphatic heterocycles. The number of ether oxygens (including phenoxy) is 1. The summed E-state index contributed by atoms with van der Waals surface area (Å²) in [6.45, 7) is 8.25. The Morgan fingerprint density at radius 1 is 1.18 bits per heavy atom. The first-order chi connectivity index (χ1) is 5.13. The van der Waals surface area contributed by atoms with Gasteiger partial charge >= 0.3 is 0 Å². The minimum absolute atomic E-state index is 0.597. The predicted octanol–water partition coefficient (Wildman–Crippen LogP) is 1.50. The number of hydrogen-bond acceptors (Lipinski definition) is 2. The largest absolute Gasteiger partial charge is 0.384 e. The van der Waals surface area contributed by atoms with Crippen LogP contribution in [0.3, 0.4) is 0 Å². The Labute approximate surface area is 70.1 Å². The first kappa shape index (κ1) is 10.9. The molecule has 0 aromatic heterocycles. The van der Waals surface area contributed by atoms with Crippen molar-refractivity contribution in [3.8, 4) is 0 Å². The minimum atomic E-state index is 0.597. The Balaban J connectivity index is 3.70. The van der Waals surface area contributed by atoms with Crippen molar-refractivity contribution in [2.45, 2.75) is 20.8 Å². The number of hydrogen-bond donors (Lipinski definition) is 1. The van der Waals surface area contributed by atoms with Gasteiger partial charge in [-0.3, -0.25) is 0 Å². The lowest BCUT2D eigenvalue weighted by atomic mass is 9.85. The standard InChI is InChI=1S/C9H21NO/c1-7(5-10)9(3)8(2)6-11-4/h7-9H,5-6,10H2,1-4H3. The predicted molar refractivity (Wildman–Crippen MR) is 48.4 cm³/mol. The normalized spacial score (nSPS) is 19.4. The van der Waals surface area contributed by atoms with Crippen molar-refractivity contribution in [1.82, 2.24) is 0 Å². The zero-order chi connectivity index (χ0) is 8.85. The molecule has 0 saturated carbocycles. The maximum absolute atomic E-state index is 5.57. The van der Waals surface area contributed by atoms with Crippen LogP contribution in [0.2, 0.25) is 0 Å². The lowest BCUT2D eigenvalue weighted by molar-refractivity contribution is 0.117. The SMILES string of the molecule is COCC(C)C(C)C(C)CN. The molecule has 0 aromatic carbocycles. The van der Waals surface area contributed by atoms with Gasteiger partial charge in [-0.25, -0.2) is 0 Å². The number of nitrogens with two attached hydrogens (primary N) is 1. The van der Waals surface area contributed by atoms with E-state index in [-0.39, 0.29) is 0 Å². The molecule has 0 aliphatic carbocycles. The zero-order valence-corrected chi connectivity index (χ0v) is 8.13. The fraction of sp³-hybridized carbons (Fsp3) is 1.00. The quantitative estimate of drug-likeness (QED) is 0.659. The molecule has 2 nitrogen and oxygen atoms in total. The second-order valence-corrected chi connectivity index (χ2v) is 3.50. The van der Waals surface area contributed by atoms with Crippen LogP contribution in [0.15, 0.2) is 0 Å². The van der Waals surface area contributed by atoms with Crippen LogP contribution >= 0.6 is 0 Å². The van der Waals surface area contributed by atoms with Crippen molar-refractivity contribution in [1.29, 1.82) is 0 Å². The van der Waals surface area contributed by atoms with Crippen LogP contribution in [0.5, 0.6) is 0 Å². The molecule has 0 aromatic rings. The van der Waals surface area contributed by atoms with Crippen molar-refractivity contribution < 1.29 is 4.74 Å². The van der Waals surface area contributed by atoms with E-state index in [1.165, 1.54) is 0 Å². The second-order valence-electron chi connectivity index (χ2n) is 3.50. The molecule has 0 radical (unpaired) electrons. The summed E-state index contributed by atoms with van der Waals surface area (Å²) in [7, 11) is 1.75. The van der Waals surface area contributed by atoms with Gasteiger partial charge in [-0.1, -0.05) is 20.8 Å². The number of methoxy groups -OCH3 is 1. The van der Waals surface area contributed by atoms with Crippen molar-refractivity contribution in [3.63, 3.8) is 0 Å². The van der Waals surface area contributed by atoms with Crippen LogP contribution < -0.4 is 5.73 Å². The van der Waals surface area contributed by atoms with Gasteiger partial charge in [0.25, 0.3) is 0 Å². The molecular formula is C9H21NO. The molecule has 0 heterocycles. The Bertz CT molecular complexity index is 95.6. The minimum Gasteiger partial charge on any atom is -0.384 e. The first-order valence-electron chi connectivity index (χ1n) is 4.32. The molecule has 0 rings (SSSR count). The van der Waals surface area contributed by atoms with Crippen LogP contribution in [0.1, 0.15) is 20.8 Å². The molecule has 0 aliphatic rings. The van der Waals surface area contributed by atoms with Gasteiger partial charge in [0.05, 0.1) is 0 Å². The van der Waals surface area contributed by atoms with Gasteiger partial charge in [0, 0.05) is 13.7 Å². The lowest BCUT2D eigenvalue weighted by Crippen LogP contribution is -2.25. The average molecular weight is 159 g/mol. The van der Waals surface area contributed by atoms with E-state index in [1.54, 1.807) is 7.11 Å². The van der Waals surface area contributed by atoms with E-state index in [0.29, 0.717) is 17.8 Å². The highest BCUT2D eigenvalue weighted by Crippen LogP contribution is 2.19. The highest BCUT2D eigenvalue weighted by atomic mass is 16.5. The Morgan fingerprint density at radius 3 is 2.09 bits per heavy atom. The van der Waals surface area contributed by atoms with Crippen molar-refractivity contribution in [3.05, 3.63) is 0 Å². The average Bonchev–Trinajstić information content (AvgIpc) is 2.02. The van der Waals surface area contributed by atoms with E-state index in [0.717, 1.165) is 13.2 Å². The molecule has 0 saturated heterocycles. The summed E-state index contributed by atoms with van der Waals surface area (Å²) in [5, 5.41) is 0. The van der Waals surface area contributed by atoms with Crippen LogP contribution in [0, 0.1) is 17.8 Å². The maximum Gasteiger partial charge on any atom is 0.0490 e. The molecule has 11 heavy (non-hydrogen) atoms. The van der Waals surface area contributed by atoms with Gasteiger partial charge in [0.15, 0.2) is 0 Å². The van der Waals surface area contributed by atoms with Gasteiger partial charge in [-0.2, -0.15) is 0 Å². The third-order valence-electron chi connectivity index (χ3n) is 2.60. The molecule has 0 fully saturated rings. The van der Waals surface area contributed by atoms with Gasteiger partial charge in [0.1, 0.15) is 0 Å². The van der Waals surface area contributed by atoms with Crippen molar-refractivity contribution in [2.24, 2.45) is 23.5 Å². The Morgan fingerprint density at radius 2 is 1.73 bits per heavy atom. The molecule has 0 spiro atoms. The molecule has 68 valence electrons. The molecular weight excluding hydrogens is 138 g/mol. The van der Waals surface area contributed by atoms with Crippen LogP contribution in [0.25, 0.3) is 0 Å². The van der Waals surface area contributed by atoms with Crippen molar-refractivity contribution >= 4 is 0 Å². The molecule has 3 unspecified atom stereocenters. The summed E-state index contributed by atoms with van der Waals surface area (Å²) < 4.78 is 5.08. The topological polar surface area (TPSA) is 35.2 Å². The van der Waals surface area contributed by atoms with Crippen molar-refractivity contribution in [2.75, 3.05) is 20.3 Å². The fourth-order valence-corrected chi connectivity index (χ4v) is 1.19. The molecule has 0 bridgehead atoms. The second kappa shape index (κ2) is 5.56. The van der Waals surface area contributed by atoms with Crippen LogP contribution in [0.4, 0.5) is 0 Å². The molecule has 3 atom stereocenters. The van der Waals surface area contributed by atoms with E-state index >= 15 is 0 Å². The number of rotatable bonds is 5. The highest BCUT2D eigenvalue weighted by molar-refractivity contribution is 4.67. The first-order valence-corrected chi connectivity index (χ1v) is 4.32. The van der Waals surface area contributed by atoms with E-state index in [2.05, 4.69) is 20.8 Å². The van der Waals surface area contributed by atoms with E-state index < -0.39 is 0 Å². The maximum atomic E-state index is 5.57. The Hall–Kier alpha value is -0.0800. The van der Waals surface area contributed by atoms with Gasteiger partial charge in [-0.15, -0.1) is 0 Å². The summed E-state index contributed by atoms with van der Waals surface area (Å²) in [5.41, 5.74) is 5.57. The molecule has 2 N–H and O–H groups in total. The van der Waals surface area contributed by atoms with Crippen LogP contribution in [-0.4, -0.2) is 20.3 Å². The van der Waals surface area contributed by atoms with E-state index in [9.17, 15) is 0 Å². The smallest absolute Gasteiger partial charge is 0.0490 e. The van der Waals surface area contributed by atoms with Gasteiger partial charge in [-0.05, 0) is 24.3 Å². The van der Waals surface area contributed by atoms with E-state index in [1.807, 2.05) is 0 Å². The summed E-state index contributed by atoms with van der Waals surface area (Å²) in [6.07, 6.45) is 0. The fourth-order valence-electron chi connectivity index (χ4n) is 1.19. The molecule has 2 heteroatoms. The zero-order valence-electron chi connectivity index (χ0n) is 8.13. The monoisotopic (exact) mass is 159 g/mol. The summed E-state index contributed by atoms with van der Waals surface area (Å²) in [6, 6.07) is 0. The Kier molecular flexibility index (Phi) is 5.51. The molecule has 0 amide bonds. The third-order valence-corrected chi connectivity index (χ3v) is 2.60.